The summed E-state index contributed by atoms with van der Waals surface area (Å²) in [6.07, 6.45) is -1.53. The molecule has 3 aromatic carbocycles. The summed E-state index contributed by atoms with van der Waals surface area (Å²) in [5.41, 5.74) is 3.87. The molecule has 0 aliphatic carbocycles. The number of benzene rings is 3. The fourth-order valence-corrected chi connectivity index (χ4v) is 6.08. The lowest BCUT2D eigenvalue weighted by molar-refractivity contribution is -0.160. The molecule has 9 heteroatoms. The van der Waals surface area contributed by atoms with E-state index in [0.717, 1.165) is 10.9 Å². The highest BCUT2D eigenvalue weighted by Gasteiger charge is 2.33. The Morgan fingerprint density at radius 2 is 1.91 bits per heavy atom. The number of aromatic nitrogens is 2. The molecule has 1 atom stereocenters. The van der Waals surface area contributed by atoms with Crippen LogP contribution in [0.15, 0.2) is 71.7 Å². The number of halogens is 2. The van der Waals surface area contributed by atoms with Gasteiger partial charge in [-0.15, -0.1) is 0 Å². The van der Waals surface area contributed by atoms with E-state index in [4.69, 9.17) is 14.5 Å². The largest absolute Gasteiger partial charge is 0.493 e. The first kappa shape index (κ1) is 29.4. The van der Waals surface area contributed by atoms with Crippen LogP contribution in [0, 0.1) is 6.92 Å². The number of hydrogen-bond acceptors (Lipinski definition) is 5. The van der Waals surface area contributed by atoms with Crippen LogP contribution in [0.3, 0.4) is 0 Å². The molecule has 0 bridgehead atoms. The average Bonchev–Trinajstić information content (AvgIpc) is 2.97. The monoisotopic (exact) mass is 598 g/mol. The molecular weight excluding hydrogens is 566 g/mol. The highest BCUT2D eigenvalue weighted by atomic mass is 19.3. The van der Waals surface area contributed by atoms with Crippen molar-refractivity contribution in [1.29, 1.82) is 0 Å². The summed E-state index contributed by atoms with van der Waals surface area (Å²) in [6.45, 7) is 7.78. The van der Waals surface area contributed by atoms with E-state index in [1.165, 1.54) is 22.8 Å². The summed E-state index contributed by atoms with van der Waals surface area (Å²) in [5, 5.41) is 12.0. The second-order valence-corrected chi connectivity index (χ2v) is 12.1. The van der Waals surface area contributed by atoms with Crippen molar-refractivity contribution in [3.05, 3.63) is 105 Å². The normalized spacial score (nSPS) is 13.8. The Labute approximate surface area is 252 Å². The summed E-state index contributed by atoms with van der Waals surface area (Å²) < 4.78 is 40.6. The van der Waals surface area contributed by atoms with Crippen molar-refractivity contribution in [2.45, 2.75) is 58.8 Å². The molecule has 5 aromatic rings. The Morgan fingerprint density at radius 1 is 1.11 bits per heavy atom. The zero-order valence-electron chi connectivity index (χ0n) is 24.9. The topological polar surface area (TPSA) is 90.7 Å². The number of aliphatic carboxylic acids is 1. The minimum absolute atomic E-state index is 0.0474. The molecule has 7 nitrogen and oxygen atoms in total. The van der Waals surface area contributed by atoms with Crippen LogP contribution in [0.25, 0.3) is 32.9 Å². The number of hydrogen-bond donors (Lipinski definition) is 1. The summed E-state index contributed by atoms with van der Waals surface area (Å²) >= 11 is 0. The van der Waals surface area contributed by atoms with Crippen LogP contribution in [0.2, 0.25) is 0 Å². The third-order valence-electron chi connectivity index (χ3n) is 7.88. The maximum atomic E-state index is 13.5. The highest BCUT2D eigenvalue weighted by Crippen LogP contribution is 2.45. The molecule has 1 aliphatic heterocycles. The van der Waals surface area contributed by atoms with Gasteiger partial charge in [0.25, 0.3) is 12.0 Å². The minimum Gasteiger partial charge on any atom is -0.493 e. The van der Waals surface area contributed by atoms with Gasteiger partial charge < -0.3 is 19.1 Å². The summed E-state index contributed by atoms with van der Waals surface area (Å²) in [5.74, 6) is -0.451. The molecule has 3 heterocycles. The van der Waals surface area contributed by atoms with Crippen molar-refractivity contribution in [3.63, 3.8) is 0 Å². The van der Waals surface area contributed by atoms with E-state index in [0.29, 0.717) is 63.0 Å². The summed E-state index contributed by atoms with van der Waals surface area (Å²) in [4.78, 5) is 30.9. The predicted octanol–water partition coefficient (Wildman–Crippen LogP) is 7.39. The van der Waals surface area contributed by atoms with Gasteiger partial charge in [-0.05, 0) is 86.3 Å². The van der Waals surface area contributed by atoms with Crippen molar-refractivity contribution < 1.29 is 28.2 Å². The molecule has 1 unspecified atom stereocenters. The Bertz CT molecular complexity index is 1980. The number of rotatable bonds is 7. The molecule has 0 radical (unpaired) electrons. The molecule has 1 N–H and O–H groups in total. The standard InChI is InChI=1S/C35H32F2N2O5/c1-19-16-25-23(9-11-27(40)39(25)18-20-6-5-7-22(17-20)33(36)37)30(28(19)32(34(41)42)44-35(2,3)4)24-8-10-26-29-21(13-15-43-26)12-14-38-31(24)29/h5-12,14,16-17,32-33H,13,15,18H2,1-4H3,(H,41,42). The van der Waals surface area contributed by atoms with E-state index >= 15 is 0 Å². The zero-order chi connectivity index (χ0) is 31.3. The molecule has 0 amide bonds. The fourth-order valence-electron chi connectivity index (χ4n) is 6.08. The lowest BCUT2D eigenvalue weighted by atomic mass is 9.86. The van der Waals surface area contributed by atoms with Gasteiger partial charge in [-0.2, -0.15) is 0 Å². The number of carboxylic acid groups (broad SMARTS) is 1. The van der Waals surface area contributed by atoms with E-state index in [1.54, 1.807) is 58.2 Å². The van der Waals surface area contributed by atoms with Crippen molar-refractivity contribution >= 4 is 27.8 Å². The van der Waals surface area contributed by atoms with E-state index in [9.17, 15) is 23.5 Å². The van der Waals surface area contributed by atoms with E-state index in [1.807, 2.05) is 18.2 Å². The zero-order valence-corrected chi connectivity index (χ0v) is 24.9. The maximum Gasteiger partial charge on any atom is 0.337 e. The van der Waals surface area contributed by atoms with Crippen LogP contribution in [-0.2, 0) is 22.5 Å². The van der Waals surface area contributed by atoms with Gasteiger partial charge in [-0.3, -0.25) is 9.78 Å². The van der Waals surface area contributed by atoms with Crippen LogP contribution in [-0.4, -0.2) is 32.8 Å². The Hall–Kier alpha value is -4.63. The molecule has 226 valence electrons. The number of nitrogens with zero attached hydrogens (tertiary/aromatic N) is 2. The fraction of sp³-hybridized carbons (Fsp3) is 0.286. The van der Waals surface area contributed by atoms with Gasteiger partial charge in [0.2, 0.25) is 0 Å². The van der Waals surface area contributed by atoms with Gasteiger partial charge in [0.15, 0.2) is 6.10 Å². The molecule has 0 saturated carbocycles. The number of fused-ring (bicyclic) bond motifs is 1. The molecule has 0 saturated heterocycles. The van der Waals surface area contributed by atoms with Crippen LogP contribution in [0.5, 0.6) is 5.75 Å². The van der Waals surface area contributed by atoms with E-state index < -0.39 is 24.1 Å². The molecule has 44 heavy (non-hydrogen) atoms. The lowest BCUT2D eigenvalue weighted by Gasteiger charge is -2.29. The van der Waals surface area contributed by atoms with Crippen LogP contribution >= 0.6 is 0 Å². The average molecular weight is 599 g/mol. The van der Waals surface area contributed by atoms with E-state index in [-0.39, 0.29) is 17.7 Å². The molecule has 1 aliphatic rings. The van der Waals surface area contributed by atoms with Gasteiger partial charge in [0.1, 0.15) is 5.75 Å². The molecular formula is C35H32F2N2O5. The van der Waals surface area contributed by atoms with Crippen molar-refractivity contribution in [1.82, 2.24) is 9.55 Å². The van der Waals surface area contributed by atoms with Gasteiger partial charge in [-0.25, -0.2) is 13.6 Å². The highest BCUT2D eigenvalue weighted by molar-refractivity contribution is 6.08. The first-order valence-corrected chi connectivity index (χ1v) is 14.4. The molecule has 6 rings (SSSR count). The molecule has 0 spiro atoms. The van der Waals surface area contributed by atoms with Crippen molar-refractivity contribution in [2.75, 3.05) is 6.61 Å². The smallest absolute Gasteiger partial charge is 0.337 e. The number of alkyl halides is 2. The predicted molar refractivity (Wildman–Crippen MR) is 165 cm³/mol. The number of carboxylic acids is 1. The summed E-state index contributed by atoms with van der Waals surface area (Å²) in [6, 6.07) is 16.6. The second-order valence-electron chi connectivity index (χ2n) is 12.1. The molecule has 0 fully saturated rings. The Kier molecular flexibility index (Phi) is 7.45. The number of ether oxygens (including phenoxy) is 2. The first-order valence-electron chi connectivity index (χ1n) is 14.4. The SMILES string of the molecule is Cc1cc2c(ccc(=O)n2Cc2cccc(C(F)F)c2)c(-c2ccc3c4c(ccnc24)CCO3)c1C(OC(C)(C)C)C(=O)O. The van der Waals surface area contributed by atoms with Crippen LogP contribution in [0.1, 0.15) is 61.1 Å². The lowest BCUT2D eigenvalue weighted by Crippen LogP contribution is -2.28. The van der Waals surface area contributed by atoms with Gasteiger partial charge in [0.05, 0.1) is 29.8 Å². The van der Waals surface area contributed by atoms with Crippen molar-refractivity contribution in [3.8, 4) is 16.9 Å². The minimum atomic E-state index is -2.64. The first-order chi connectivity index (χ1) is 20.9. The van der Waals surface area contributed by atoms with Crippen LogP contribution in [0.4, 0.5) is 8.78 Å². The summed E-state index contributed by atoms with van der Waals surface area (Å²) in [7, 11) is 0. The van der Waals surface area contributed by atoms with Crippen molar-refractivity contribution in [2.24, 2.45) is 0 Å². The Balaban J connectivity index is 1.69. The van der Waals surface area contributed by atoms with Gasteiger partial charge in [0, 0.05) is 46.1 Å². The van der Waals surface area contributed by atoms with Crippen LogP contribution < -0.4 is 10.3 Å². The van der Waals surface area contributed by atoms with Gasteiger partial charge in [-0.1, -0.05) is 18.2 Å². The third-order valence-corrected chi connectivity index (χ3v) is 7.88. The quantitative estimate of drug-likeness (QED) is 0.210. The number of aryl methyl sites for hydroxylation is 1. The Morgan fingerprint density at radius 3 is 2.64 bits per heavy atom. The number of pyridine rings is 2. The van der Waals surface area contributed by atoms with Gasteiger partial charge >= 0.3 is 5.97 Å². The number of carbonyl (C=O) groups is 1. The third kappa shape index (κ3) is 5.32. The maximum absolute atomic E-state index is 13.5. The second kappa shape index (κ2) is 11.1. The van der Waals surface area contributed by atoms with E-state index in [2.05, 4.69) is 0 Å². The molecule has 2 aromatic heterocycles.